The van der Waals surface area contributed by atoms with E-state index in [-0.39, 0.29) is 12.2 Å². The highest BCUT2D eigenvalue weighted by molar-refractivity contribution is 5.86. The van der Waals surface area contributed by atoms with Crippen molar-refractivity contribution >= 4 is 12.4 Å². The SMILES string of the molecule is CCn1cnnc1CN(C)Cc1cn[nH]c1C(=O)O.O=CO. The number of aromatic carboxylic acids is 1. The summed E-state index contributed by atoms with van der Waals surface area (Å²) in [6.45, 7) is 3.65. The molecule has 0 atom stereocenters. The van der Waals surface area contributed by atoms with Crippen LogP contribution in [0.15, 0.2) is 12.5 Å². The quantitative estimate of drug-likeness (QED) is 0.636. The highest BCUT2D eigenvalue weighted by Crippen LogP contribution is 2.09. The lowest BCUT2D eigenvalue weighted by Gasteiger charge is -2.15. The molecule has 10 nitrogen and oxygen atoms in total. The number of aromatic nitrogens is 5. The minimum atomic E-state index is -1.00. The van der Waals surface area contributed by atoms with E-state index in [9.17, 15) is 4.79 Å². The van der Waals surface area contributed by atoms with E-state index in [1.165, 1.54) is 6.20 Å². The van der Waals surface area contributed by atoms with E-state index in [1.807, 2.05) is 23.4 Å². The standard InChI is InChI=1S/C11H16N6O2.CH2O2/c1-3-17-7-13-14-9(17)6-16(2)5-8-4-12-15-10(8)11(18)19;2-1-3/h4,7H,3,5-6H2,1-2H3,(H,12,15)(H,18,19);1H,(H,2,3). The fraction of sp³-hybridized carbons (Fsp3) is 0.417. The van der Waals surface area contributed by atoms with Crippen molar-refractivity contribution in [2.45, 2.75) is 26.6 Å². The Bertz CT molecular complexity index is 608. The third-order valence-electron chi connectivity index (χ3n) is 2.82. The highest BCUT2D eigenvalue weighted by atomic mass is 16.4. The van der Waals surface area contributed by atoms with Crippen LogP contribution in [0.1, 0.15) is 28.8 Å². The number of carboxylic acid groups (broad SMARTS) is 2. The fourth-order valence-corrected chi connectivity index (χ4v) is 1.87. The molecule has 0 saturated carbocycles. The fourth-order valence-electron chi connectivity index (χ4n) is 1.87. The zero-order chi connectivity index (χ0) is 16.5. The van der Waals surface area contributed by atoms with Gasteiger partial charge in [0.2, 0.25) is 0 Å². The zero-order valence-corrected chi connectivity index (χ0v) is 12.3. The number of hydrogen-bond donors (Lipinski definition) is 3. The van der Waals surface area contributed by atoms with Crippen LogP contribution >= 0.6 is 0 Å². The van der Waals surface area contributed by atoms with Crippen LogP contribution in [-0.2, 0) is 24.4 Å². The molecule has 3 N–H and O–H groups in total. The van der Waals surface area contributed by atoms with Gasteiger partial charge in [-0.05, 0) is 14.0 Å². The lowest BCUT2D eigenvalue weighted by atomic mass is 10.2. The second-order valence-corrected chi connectivity index (χ2v) is 4.39. The molecular formula is C12H18N6O4. The summed E-state index contributed by atoms with van der Waals surface area (Å²) in [5.41, 5.74) is 0.779. The van der Waals surface area contributed by atoms with Crippen molar-refractivity contribution in [3.63, 3.8) is 0 Å². The molecule has 0 aliphatic carbocycles. The number of carbonyl (C=O) groups is 2. The summed E-state index contributed by atoms with van der Waals surface area (Å²) in [6.07, 6.45) is 3.22. The van der Waals surface area contributed by atoms with Gasteiger partial charge in [-0.2, -0.15) is 5.10 Å². The minimum Gasteiger partial charge on any atom is -0.483 e. The first-order valence-corrected chi connectivity index (χ1v) is 6.42. The topological polar surface area (TPSA) is 137 Å². The number of nitrogens with zero attached hydrogens (tertiary/aromatic N) is 5. The molecule has 0 fully saturated rings. The summed E-state index contributed by atoms with van der Waals surface area (Å²) < 4.78 is 1.95. The highest BCUT2D eigenvalue weighted by Gasteiger charge is 2.15. The van der Waals surface area contributed by atoms with Gasteiger partial charge in [0.1, 0.15) is 17.8 Å². The first kappa shape index (κ1) is 17.3. The first-order chi connectivity index (χ1) is 10.5. The maximum atomic E-state index is 11.0. The average molecular weight is 310 g/mol. The number of H-pyrrole nitrogens is 1. The van der Waals surface area contributed by atoms with E-state index >= 15 is 0 Å². The van der Waals surface area contributed by atoms with Gasteiger partial charge in [-0.1, -0.05) is 0 Å². The zero-order valence-electron chi connectivity index (χ0n) is 12.3. The number of nitrogens with one attached hydrogen (secondary N) is 1. The van der Waals surface area contributed by atoms with Gasteiger partial charge in [-0.15, -0.1) is 10.2 Å². The smallest absolute Gasteiger partial charge is 0.354 e. The van der Waals surface area contributed by atoms with Crippen molar-refractivity contribution in [1.29, 1.82) is 0 Å². The molecular weight excluding hydrogens is 292 g/mol. The van der Waals surface area contributed by atoms with Crippen LogP contribution in [0.2, 0.25) is 0 Å². The Hall–Kier alpha value is -2.75. The van der Waals surface area contributed by atoms with Crippen LogP contribution in [-0.4, -0.2) is 59.6 Å². The molecule has 2 aromatic rings. The van der Waals surface area contributed by atoms with Gasteiger partial charge in [0.15, 0.2) is 0 Å². The van der Waals surface area contributed by atoms with Crippen molar-refractivity contribution in [3.05, 3.63) is 29.6 Å². The maximum Gasteiger partial charge on any atom is 0.354 e. The average Bonchev–Trinajstić information content (AvgIpc) is 3.08. The van der Waals surface area contributed by atoms with Gasteiger partial charge >= 0.3 is 5.97 Å². The summed E-state index contributed by atoms with van der Waals surface area (Å²) >= 11 is 0. The number of hydrogen-bond acceptors (Lipinski definition) is 6. The Labute approximate surface area is 126 Å². The van der Waals surface area contributed by atoms with Crippen molar-refractivity contribution in [2.24, 2.45) is 0 Å². The molecule has 0 aliphatic heterocycles. The molecule has 0 unspecified atom stereocenters. The first-order valence-electron chi connectivity index (χ1n) is 6.42. The maximum absolute atomic E-state index is 11.0. The van der Waals surface area contributed by atoms with Gasteiger partial charge in [0.05, 0.1) is 12.7 Å². The summed E-state index contributed by atoms with van der Waals surface area (Å²) in [5.74, 6) is -0.150. The van der Waals surface area contributed by atoms with Crippen molar-refractivity contribution in [1.82, 2.24) is 29.9 Å². The lowest BCUT2D eigenvalue weighted by Crippen LogP contribution is -2.21. The third-order valence-corrected chi connectivity index (χ3v) is 2.82. The van der Waals surface area contributed by atoms with Crippen LogP contribution in [0, 0.1) is 0 Å². The van der Waals surface area contributed by atoms with Gasteiger partial charge in [-0.25, -0.2) is 4.79 Å². The summed E-state index contributed by atoms with van der Waals surface area (Å²) in [6, 6.07) is 0. The number of aryl methyl sites for hydroxylation is 1. The monoisotopic (exact) mass is 310 g/mol. The Morgan fingerprint density at radius 1 is 1.50 bits per heavy atom. The molecule has 0 aromatic carbocycles. The van der Waals surface area contributed by atoms with E-state index in [0.717, 1.165) is 12.4 Å². The van der Waals surface area contributed by atoms with Crippen LogP contribution in [0.25, 0.3) is 0 Å². The molecule has 120 valence electrons. The number of aromatic amines is 1. The molecule has 2 rings (SSSR count). The second-order valence-electron chi connectivity index (χ2n) is 4.39. The molecule has 10 heteroatoms. The molecule has 2 aromatic heterocycles. The van der Waals surface area contributed by atoms with Crippen LogP contribution in [0.5, 0.6) is 0 Å². The Kier molecular flexibility index (Phi) is 6.70. The summed E-state index contributed by atoms with van der Waals surface area (Å²) in [5, 5.41) is 30.0. The predicted octanol–water partition coefficient (Wildman–Crippen LogP) is 0.0521. The van der Waals surface area contributed by atoms with Crippen molar-refractivity contribution in [3.8, 4) is 0 Å². The van der Waals surface area contributed by atoms with Crippen molar-refractivity contribution < 1.29 is 19.8 Å². The molecule has 0 spiro atoms. The molecule has 0 aliphatic rings. The molecule has 0 amide bonds. The van der Waals surface area contributed by atoms with Gasteiger partial charge in [-0.3, -0.25) is 14.8 Å². The molecule has 0 radical (unpaired) electrons. The lowest BCUT2D eigenvalue weighted by molar-refractivity contribution is -0.122. The van der Waals surface area contributed by atoms with E-state index in [2.05, 4.69) is 20.4 Å². The molecule has 2 heterocycles. The Balaban J connectivity index is 0.000000745. The Morgan fingerprint density at radius 2 is 2.18 bits per heavy atom. The Morgan fingerprint density at radius 3 is 2.77 bits per heavy atom. The van der Waals surface area contributed by atoms with E-state index in [1.54, 1.807) is 6.33 Å². The summed E-state index contributed by atoms with van der Waals surface area (Å²) in [7, 11) is 1.90. The largest absolute Gasteiger partial charge is 0.483 e. The number of rotatable bonds is 6. The van der Waals surface area contributed by atoms with E-state index in [4.69, 9.17) is 15.0 Å². The van der Waals surface area contributed by atoms with Crippen molar-refractivity contribution in [2.75, 3.05) is 7.05 Å². The van der Waals surface area contributed by atoms with E-state index in [0.29, 0.717) is 18.7 Å². The minimum absolute atomic E-state index is 0.129. The van der Waals surface area contributed by atoms with Crippen LogP contribution in [0.4, 0.5) is 0 Å². The van der Waals surface area contributed by atoms with Crippen LogP contribution < -0.4 is 0 Å². The van der Waals surface area contributed by atoms with Gasteiger partial charge in [0, 0.05) is 18.7 Å². The predicted molar refractivity (Wildman–Crippen MR) is 75.1 cm³/mol. The normalized spacial score (nSPS) is 10.1. The van der Waals surface area contributed by atoms with Crippen LogP contribution in [0.3, 0.4) is 0 Å². The summed E-state index contributed by atoms with van der Waals surface area (Å²) in [4.78, 5) is 21.3. The second kappa shape index (κ2) is 8.52. The molecule has 22 heavy (non-hydrogen) atoms. The van der Waals surface area contributed by atoms with Gasteiger partial charge in [0.25, 0.3) is 6.47 Å². The molecule has 0 bridgehead atoms. The number of carboxylic acids is 1. The molecule has 0 saturated heterocycles. The third kappa shape index (κ3) is 4.66. The van der Waals surface area contributed by atoms with E-state index < -0.39 is 5.97 Å². The van der Waals surface area contributed by atoms with Gasteiger partial charge < -0.3 is 14.8 Å².